The predicted molar refractivity (Wildman–Crippen MR) is 131 cm³/mol. The van der Waals surface area contributed by atoms with Crippen molar-refractivity contribution in [2.75, 3.05) is 18.0 Å². The van der Waals surface area contributed by atoms with Crippen LogP contribution in [-0.4, -0.2) is 36.7 Å². The van der Waals surface area contributed by atoms with Gasteiger partial charge in [-0.1, -0.05) is 47.7 Å². The number of halogens is 1. The van der Waals surface area contributed by atoms with Crippen LogP contribution in [0.25, 0.3) is 10.2 Å². The molecule has 0 radical (unpaired) electrons. The second-order valence-electron chi connectivity index (χ2n) is 8.10. The smallest absolute Gasteiger partial charge is 0.260 e. The number of rotatable bonds is 6. The highest BCUT2D eigenvalue weighted by atomic mass is 32.2. The molecule has 1 aromatic heterocycles. The van der Waals surface area contributed by atoms with E-state index in [1.807, 2.05) is 30.3 Å². The maximum atomic E-state index is 14.3. The number of hydrogen-bond acceptors (Lipinski definition) is 5. The van der Waals surface area contributed by atoms with Gasteiger partial charge in [-0.25, -0.2) is 17.8 Å². The Morgan fingerprint density at radius 2 is 1.68 bits per heavy atom. The Labute approximate surface area is 201 Å². The molecule has 0 spiro atoms. The van der Waals surface area contributed by atoms with Gasteiger partial charge in [-0.15, -0.1) is 0 Å². The number of benzene rings is 3. The molecule has 0 unspecified atom stereocenters. The van der Waals surface area contributed by atoms with Crippen LogP contribution in [-0.2, 0) is 16.6 Å². The van der Waals surface area contributed by atoms with E-state index < -0.39 is 15.8 Å². The van der Waals surface area contributed by atoms with Crippen LogP contribution in [0, 0.1) is 5.82 Å². The molecule has 0 atom stereocenters. The summed E-state index contributed by atoms with van der Waals surface area (Å²) >= 11 is 1.24. The summed E-state index contributed by atoms with van der Waals surface area (Å²) in [6.07, 6.45) is 1.71. The van der Waals surface area contributed by atoms with Crippen LogP contribution in [0.4, 0.5) is 9.52 Å². The summed E-state index contributed by atoms with van der Waals surface area (Å²) in [4.78, 5) is 19.7. The van der Waals surface area contributed by atoms with Crippen molar-refractivity contribution in [2.24, 2.45) is 0 Å². The number of hydrogen-bond donors (Lipinski definition) is 0. The van der Waals surface area contributed by atoms with E-state index >= 15 is 0 Å². The van der Waals surface area contributed by atoms with Crippen LogP contribution in [0.5, 0.6) is 0 Å². The van der Waals surface area contributed by atoms with E-state index in [0.717, 1.165) is 18.4 Å². The third-order valence-corrected chi connectivity index (χ3v) is 8.78. The van der Waals surface area contributed by atoms with E-state index in [4.69, 9.17) is 0 Å². The first kappa shape index (κ1) is 22.6. The maximum absolute atomic E-state index is 14.3. The Morgan fingerprint density at radius 1 is 0.971 bits per heavy atom. The Bertz CT molecular complexity index is 1430. The lowest BCUT2D eigenvalue weighted by molar-refractivity contribution is 0.0985. The number of carbonyl (C=O) groups excluding carboxylic acids is 1. The van der Waals surface area contributed by atoms with Gasteiger partial charge in [0.15, 0.2) is 5.13 Å². The Kier molecular flexibility index (Phi) is 6.16. The molecule has 1 amide bonds. The normalized spacial score (nSPS) is 14.5. The van der Waals surface area contributed by atoms with E-state index in [1.54, 1.807) is 12.1 Å². The van der Waals surface area contributed by atoms with Crippen molar-refractivity contribution in [3.05, 3.63) is 89.7 Å². The summed E-state index contributed by atoms with van der Waals surface area (Å²) in [5.41, 5.74) is 1.44. The SMILES string of the molecule is O=C(c1ccc(S(=O)(=O)N2CCCC2)cc1)N(Cc1ccccc1)c1nc2c(F)cccc2s1. The molecule has 5 rings (SSSR count). The molecule has 6 nitrogen and oxygen atoms in total. The zero-order valence-corrected chi connectivity index (χ0v) is 19.9. The summed E-state index contributed by atoms with van der Waals surface area (Å²) in [5.74, 6) is -0.781. The fourth-order valence-electron chi connectivity index (χ4n) is 4.01. The highest BCUT2D eigenvalue weighted by Gasteiger charge is 2.28. The Hall–Kier alpha value is -3.14. The molecule has 0 aliphatic carbocycles. The summed E-state index contributed by atoms with van der Waals surface area (Å²) in [6.45, 7) is 1.28. The summed E-state index contributed by atoms with van der Waals surface area (Å²) in [7, 11) is -3.57. The minimum atomic E-state index is -3.57. The minimum Gasteiger partial charge on any atom is -0.279 e. The van der Waals surface area contributed by atoms with E-state index in [2.05, 4.69) is 4.98 Å². The minimum absolute atomic E-state index is 0.169. The third-order valence-electron chi connectivity index (χ3n) is 5.82. The molecular formula is C25H22FN3O3S2. The molecule has 0 N–H and O–H groups in total. The summed E-state index contributed by atoms with van der Waals surface area (Å²) in [6, 6.07) is 20.2. The maximum Gasteiger partial charge on any atom is 0.260 e. The highest BCUT2D eigenvalue weighted by Crippen LogP contribution is 2.32. The van der Waals surface area contributed by atoms with Crippen molar-refractivity contribution in [3.8, 4) is 0 Å². The third kappa shape index (κ3) is 4.34. The first-order chi connectivity index (χ1) is 16.4. The second kappa shape index (κ2) is 9.25. The lowest BCUT2D eigenvalue weighted by Gasteiger charge is -2.20. The lowest BCUT2D eigenvalue weighted by atomic mass is 10.1. The van der Waals surface area contributed by atoms with Crippen molar-refractivity contribution in [1.82, 2.24) is 9.29 Å². The fourth-order valence-corrected chi connectivity index (χ4v) is 6.51. The molecule has 1 aliphatic rings. The predicted octanol–water partition coefficient (Wildman–Crippen LogP) is 5.07. The first-order valence-corrected chi connectivity index (χ1v) is 13.2. The van der Waals surface area contributed by atoms with E-state index in [0.29, 0.717) is 28.5 Å². The Balaban J connectivity index is 1.49. The van der Waals surface area contributed by atoms with Crippen molar-refractivity contribution in [3.63, 3.8) is 0 Å². The number of aromatic nitrogens is 1. The quantitative estimate of drug-likeness (QED) is 0.375. The first-order valence-electron chi connectivity index (χ1n) is 10.9. The van der Waals surface area contributed by atoms with Crippen LogP contribution in [0.1, 0.15) is 28.8 Å². The zero-order valence-electron chi connectivity index (χ0n) is 18.2. The topological polar surface area (TPSA) is 70.6 Å². The van der Waals surface area contributed by atoms with Gasteiger partial charge in [0.05, 0.1) is 16.1 Å². The van der Waals surface area contributed by atoms with Crippen molar-refractivity contribution < 1.29 is 17.6 Å². The molecule has 1 fully saturated rings. The van der Waals surface area contributed by atoms with Gasteiger partial charge in [-0.2, -0.15) is 4.31 Å². The van der Waals surface area contributed by atoms with Gasteiger partial charge in [0, 0.05) is 18.7 Å². The Morgan fingerprint density at radius 3 is 2.35 bits per heavy atom. The van der Waals surface area contributed by atoms with Crippen LogP contribution >= 0.6 is 11.3 Å². The van der Waals surface area contributed by atoms with Crippen LogP contribution < -0.4 is 4.90 Å². The molecule has 174 valence electrons. The number of para-hydroxylation sites is 1. The van der Waals surface area contributed by atoms with Gasteiger partial charge in [0.1, 0.15) is 11.3 Å². The van der Waals surface area contributed by atoms with Gasteiger partial charge >= 0.3 is 0 Å². The fraction of sp³-hybridized carbons (Fsp3) is 0.200. The number of nitrogens with zero attached hydrogens (tertiary/aromatic N) is 3. The molecule has 0 bridgehead atoms. The number of amides is 1. The van der Waals surface area contributed by atoms with E-state index in [1.165, 1.54) is 50.9 Å². The average molecular weight is 496 g/mol. The molecular weight excluding hydrogens is 473 g/mol. The van der Waals surface area contributed by atoms with Crippen LogP contribution in [0.15, 0.2) is 77.7 Å². The van der Waals surface area contributed by atoms with E-state index in [9.17, 15) is 17.6 Å². The van der Waals surface area contributed by atoms with Gasteiger partial charge in [-0.05, 0) is 54.8 Å². The van der Waals surface area contributed by atoms with Crippen molar-refractivity contribution in [2.45, 2.75) is 24.3 Å². The molecule has 34 heavy (non-hydrogen) atoms. The summed E-state index contributed by atoms with van der Waals surface area (Å²) < 4.78 is 42.1. The van der Waals surface area contributed by atoms with Gasteiger partial charge in [0.2, 0.25) is 10.0 Å². The largest absolute Gasteiger partial charge is 0.279 e. The van der Waals surface area contributed by atoms with Crippen LogP contribution in [0.2, 0.25) is 0 Å². The molecule has 1 aliphatic heterocycles. The molecule has 4 aromatic rings. The van der Waals surface area contributed by atoms with Crippen LogP contribution in [0.3, 0.4) is 0 Å². The number of anilines is 1. The van der Waals surface area contributed by atoms with Crippen molar-refractivity contribution in [1.29, 1.82) is 0 Å². The highest BCUT2D eigenvalue weighted by molar-refractivity contribution is 7.89. The molecule has 3 aromatic carbocycles. The summed E-state index contributed by atoms with van der Waals surface area (Å²) in [5, 5.41) is 0.378. The van der Waals surface area contributed by atoms with Crippen molar-refractivity contribution >= 4 is 42.6 Å². The lowest BCUT2D eigenvalue weighted by Crippen LogP contribution is -2.30. The number of fused-ring (bicyclic) bond motifs is 1. The second-order valence-corrected chi connectivity index (χ2v) is 11.0. The van der Waals surface area contributed by atoms with E-state index in [-0.39, 0.29) is 22.9 Å². The molecule has 2 heterocycles. The number of carbonyl (C=O) groups is 1. The van der Waals surface area contributed by atoms with Gasteiger partial charge < -0.3 is 0 Å². The van der Waals surface area contributed by atoms with Gasteiger partial charge in [0.25, 0.3) is 5.91 Å². The average Bonchev–Trinajstić information content (AvgIpc) is 3.54. The molecule has 1 saturated heterocycles. The standard InChI is InChI=1S/C25H22FN3O3S2/c26-21-9-6-10-22-23(21)27-25(33-22)29(17-18-7-2-1-3-8-18)24(30)19-11-13-20(14-12-19)34(31,32)28-15-4-5-16-28/h1-3,6-14H,4-5,15-17H2. The number of thiazole rings is 1. The number of sulfonamides is 1. The zero-order chi connectivity index (χ0) is 23.7. The molecule has 9 heteroatoms. The molecule has 0 saturated carbocycles. The van der Waals surface area contributed by atoms with Gasteiger partial charge in [-0.3, -0.25) is 9.69 Å². The monoisotopic (exact) mass is 495 g/mol.